The Hall–Kier alpha value is -2.63. The molecule has 0 aliphatic rings. The highest BCUT2D eigenvalue weighted by Crippen LogP contribution is 2.23. The number of aryl methyl sites for hydroxylation is 2. The molecule has 21 heavy (non-hydrogen) atoms. The van der Waals surface area contributed by atoms with Crippen LogP contribution in [0.1, 0.15) is 23.8 Å². The van der Waals surface area contributed by atoms with Crippen molar-refractivity contribution < 1.29 is 9.90 Å². The van der Waals surface area contributed by atoms with Crippen LogP contribution in [0.5, 0.6) is 0 Å². The van der Waals surface area contributed by atoms with E-state index in [1.807, 2.05) is 36.7 Å². The monoisotopic (exact) mass is 284 g/mol. The summed E-state index contributed by atoms with van der Waals surface area (Å²) in [5.41, 5.74) is 3.65. The summed E-state index contributed by atoms with van der Waals surface area (Å²) in [5, 5.41) is 13.7. The zero-order valence-corrected chi connectivity index (χ0v) is 11.9. The SMILES string of the molecule is CCCn1nc(-c2ccc3c(c2)ncn3C)cc1C(=O)O. The van der Waals surface area contributed by atoms with Crippen LogP contribution in [0, 0.1) is 0 Å². The van der Waals surface area contributed by atoms with Gasteiger partial charge in [-0.3, -0.25) is 4.68 Å². The maximum Gasteiger partial charge on any atom is 0.354 e. The molecule has 0 amide bonds. The van der Waals surface area contributed by atoms with Gasteiger partial charge in [0.25, 0.3) is 0 Å². The standard InChI is InChI=1S/C15H16N4O2/c1-3-6-19-14(15(20)21)8-11(17-19)10-4-5-13-12(7-10)16-9-18(13)2/h4-5,7-9H,3,6H2,1-2H3,(H,20,21). The third kappa shape index (κ3) is 2.29. The molecule has 1 N–H and O–H groups in total. The highest BCUT2D eigenvalue weighted by Gasteiger charge is 2.15. The van der Waals surface area contributed by atoms with Gasteiger partial charge in [0.05, 0.1) is 23.1 Å². The average Bonchev–Trinajstić information content (AvgIpc) is 3.04. The maximum atomic E-state index is 11.3. The fourth-order valence-electron chi connectivity index (χ4n) is 2.41. The third-order valence-electron chi connectivity index (χ3n) is 3.46. The van der Waals surface area contributed by atoms with Gasteiger partial charge < -0.3 is 9.67 Å². The first-order chi connectivity index (χ1) is 10.1. The molecule has 0 bridgehead atoms. The number of hydrogen-bond acceptors (Lipinski definition) is 3. The molecule has 0 saturated heterocycles. The van der Waals surface area contributed by atoms with Crippen molar-refractivity contribution in [1.29, 1.82) is 0 Å². The number of imidazole rings is 1. The molecular weight excluding hydrogens is 268 g/mol. The molecule has 0 aliphatic heterocycles. The first-order valence-electron chi connectivity index (χ1n) is 6.82. The molecule has 6 nitrogen and oxygen atoms in total. The van der Waals surface area contributed by atoms with Gasteiger partial charge in [0.2, 0.25) is 0 Å². The summed E-state index contributed by atoms with van der Waals surface area (Å²) >= 11 is 0. The van der Waals surface area contributed by atoms with Crippen LogP contribution in [0.15, 0.2) is 30.6 Å². The summed E-state index contributed by atoms with van der Waals surface area (Å²) in [4.78, 5) is 15.6. The van der Waals surface area contributed by atoms with E-state index in [0.29, 0.717) is 12.2 Å². The molecule has 2 heterocycles. The Labute approximate surface area is 121 Å². The number of carbonyl (C=O) groups is 1. The quantitative estimate of drug-likeness (QED) is 0.799. The number of carboxylic acid groups (broad SMARTS) is 1. The molecule has 0 saturated carbocycles. The normalized spacial score (nSPS) is 11.1. The molecule has 6 heteroatoms. The fourth-order valence-corrected chi connectivity index (χ4v) is 2.41. The lowest BCUT2D eigenvalue weighted by Crippen LogP contribution is -2.09. The number of fused-ring (bicyclic) bond motifs is 1. The van der Waals surface area contributed by atoms with E-state index in [2.05, 4.69) is 10.1 Å². The number of nitrogens with zero attached hydrogens (tertiary/aromatic N) is 4. The molecule has 108 valence electrons. The molecule has 0 atom stereocenters. The van der Waals surface area contributed by atoms with Gasteiger partial charge in [-0.2, -0.15) is 5.10 Å². The maximum absolute atomic E-state index is 11.3. The van der Waals surface area contributed by atoms with Crippen LogP contribution in [-0.4, -0.2) is 30.4 Å². The zero-order chi connectivity index (χ0) is 15.0. The molecule has 1 aromatic carbocycles. The van der Waals surface area contributed by atoms with Gasteiger partial charge in [-0.1, -0.05) is 13.0 Å². The summed E-state index contributed by atoms with van der Waals surface area (Å²) in [5.74, 6) is -0.957. The number of aromatic carboxylic acids is 1. The van der Waals surface area contributed by atoms with E-state index in [0.717, 1.165) is 23.0 Å². The Kier molecular flexibility index (Phi) is 3.21. The van der Waals surface area contributed by atoms with Gasteiger partial charge in [0.1, 0.15) is 5.69 Å². The van der Waals surface area contributed by atoms with Crippen molar-refractivity contribution in [1.82, 2.24) is 19.3 Å². The van der Waals surface area contributed by atoms with Crippen molar-refractivity contribution in [3.05, 3.63) is 36.3 Å². The molecule has 3 rings (SSSR count). The van der Waals surface area contributed by atoms with E-state index < -0.39 is 5.97 Å². The van der Waals surface area contributed by atoms with Crippen LogP contribution >= 0.6 is 0 Å². The average molecular weight is 284 g/mol. The summed E-state index contributed by atoms with van der Waals surface area (Å²) in [6.45, 7) is 2.58. The Morgan fingerprint density at radius 1 is 1.33 bits per heavy atom. The van der Waals surface area contributed by atoms with Crippen LogP contribution in [0.2, 0.25) is 0 Å². The molecule has 0 radical (unpaired) electrons. The second kappa shape index (κ2) is 5.05. The van der Waals surface area contributed by atoms with Crippen LogP contribution in [0.4, 0.5) is 0 Å². The second-order valence-corrected chi connectivity index (χ2v) is 5.00. The van der Waals surface area contributed by atoms with E-state index >= 15 is 0 Å². The number of hydrogen-bond donors (Lipinski definition) is 1. The highest BCUT2D eigenvalue weighted by molar-refractivity contribution is 5.88. The lowest BCUT2D eigenvalue weighted by atomic mass is 10.1. The minimum absolute atomic E-state index is 0.216. The predicted molar refractivity (Wildman–Crippen MR) is 79.2 cm³/mol. The summed E-state index contributed by atoms with van der Waals surface area (Å²) in [6, 6.07) is 7.45. The van der Waals surface area contributed by atoms with Gasteiger partial charge >= 0.3 is 5.97 Å². The number of rotatable bonds is 4. The van der Waals surface area contributed by atoms with E-state index in [1.54, 1.807) is 17.1 Å². The summed E-state index contributed by atoms with van der Waals surface area (Å²) in [7, 11) is 1.94. The second-order valence-electron chi connectivity index (χ2n) is 5.00. The van der Waals surface area contributed by atoms with Crippen molar-refractivity contribution in [2.45, 2.75) is 19.9 Å². The Bertz CT molecular complexity index is 816. The lowest BCUT2D eigenvalue weighted by Gasteiger charge is -2.01. The minimum atomic E-state index is -0.957. The molecule has 2 aromatic heterocycles. The number of benzene rings is 1. The third-order valence-corrected chi connectivity index (χ3v) is 3.46. The summed E-state index contributed by atoms with van der Waals surface area (Å²) in [6.07, 6.45) is 2.59. The predicted octanol–water partition coefficient (Wildman–Crippen LogP) is 2.54. The highest BCUT2D eigenvalue weighted by atomic mass is 16.4. The number of carboxylic acids is 1. The fraction of sp³-hybridized carbons (Fsp3) is 0.267. The van der Waals surface area contributed by atoms with Crippen molar-refractivity contribution >= 4 is 17.0 Å². The zero-order valence-electron chi connectivity index (χ0n) is 11.9. The van der Waals surface area contributed by atoms with Gasteiger partial charge in [-0.25, -0.2) is 9.78 Å². The van der Waals surface area contributed by atoms with Crippen LogP contribution < -0.4 is 0 Å². The van der Waals surface area contributed by atoms with Gasteiger partial charge in [-0.15, -0.1) is 0 Å². The molecule has 0 fully saturated rings. The van der Waals surface area contributed by atoms with Crippen molar-refractivity contribution in [3.8, 4) is 11.3 Å². The van der Waals surface area contributed by atoms with Crippen molar-refractivity contribution in [3.63, 3.8) is 0 Å². The molecular formula is C15H16N4O2. The summed E-state index contributed by atoms with van der Waals surface area (Å²) < 4.78 is 3.48. The minimum Gasteiger partial charge on any atom is -0.477 e. The van der Waals surface area contributed by atoms with Crippen LogP contribution in [0.25, 0.3) is 22.3 Å². The Morgan fingerprint density at radius 2 is 2.14 bits per heavy atom. The molecule has 0 spiro atoms. The van der Waals surface area contributed by atoms with E-state index in [-0.39, 0.29) is 5.69 Å². The molecule has 0 unspecified atom stereocenters. The number of aromatic nitrogens is 4. The first kappa shape index (κ1) is 13.4. The van der Waals surface area contributed by atoms with Crippen molar-refractivity contribution in [2.75, 3.05) is 0 Å². The van der Waals surface area contributed by atoms with E-state index in [1.165, 1.54) is 0 Å². The van der Waals surface area contributed by atoms with Crippen LogP contribution in [-0.2, 0) is 13.6 Å². The van der Waals surface area contributed by atoms with Gasteiger partial charge in [0, 0.05) is 19.2 Å². The topological polar surface area (TPSA) is 72.9 Å². The van der Waals surface area contributed by atoms with Crippen LogP contribution in [0.3, 0.4) is 0 Å². The first-order valence-corrected chi connectivity index (χ1v) is 6.82. The Balaban J connectivity index is 2.09. The largest absolute Gasteiger partial charge is 0.477 e. The molecule has 0 aliphatic carbocycles. The van der Waals surface area contributed by atoms with Gasteiger partial charge in [0.15, 0.2) is 0 Å². The Morgan fingerprint density at radius 3 is 2.86 bits per heavy atom. The molecule has 3 aromatic rings. The van der Waals surface area contributed by atoms with Crippen molar-refractivity contribution in [2.24, 2.45) is 7.05 Å². The smallest absolute Gasteiger partial charge is 0.354 e. The lowest BCUT2D eigenvalue weighted by molar-refractivity contribution is 0.0683. The van der Waals surface area contributed by atoms with E-state index in [4.69, 9.17) is 0 Å². The van der Waals surface area contributed by atoms with E-state index in [9.17, 15) is 9.90 Å². The van der Waals surface area contributed by atoms with Gasteiger partial charge in [-0.05, 0) is 24.6 Å².